The number of nitrogens with two attached hydrogens (primary N) is 4. The molecule has 0 aliphatic carbocycles. The lowest BCUT2D eigenvalue weighted by molar-refractivity contribution is -0.142. The molecule has 2 aromatic rings. The molecule has 14 nitrogen and oxygen atoms in total. The number of H-pyrrole nitrogens is 1. The topological polar surface area (TPSA) is 257 Å². The molecule has 1 aromatic heterocycles. The number of amides is 3. The van der Waals surface area contributed by atoms with Crippen LogP contribution in [-0.4, -0.2) is 82.8 Å². The van der Waals surface area contributed by atoms with Gasteiger partial charge in [0.05, 0.1) is 6.04 Å². The molecule has 0 saturated heterocycles. The van der Waals surface area contributed by atoms with Gasteiger partial charge >= 0.3 is 5.97 Å². The van der Waals surface area contributed by atoms with E-state index < -0.39 is 47.9 Å². The van der Waals surface area contributed by atoms with Crippen LogP contribution in [0.2, 0.25) is 0 Å². The lowest BCUT2D eigenvalue weighted by Gasteiger charge is -2.24. The third-order valence-corrected chi connectivity index (χ3v) is 6.77. The molecule has 0 saturated carbocycles. The van der Waals surface area contributed by atoms with Crippen LogP contribution in [0.25, 0.3) is 10.9 Å². The van der Waals surface area contributed by atoms with Gasteiger partial charge in [-0.05, 0) is 56.7 Å². The number of aromatic amines is 1. The second-order valence-corrected chi connectivity index (χ2v) is 9.97. The summed E-state index contributed by atoms with van der Waals surface area (Å²) >= 11 is 4.20. The number of aliphatic carboxylic acids is 1. The number of unbranched alkanes of at least 4 members (excludes halogenated alkanes) is 1. The highest BCUT2D eigenvalue weighted by Gasteiger charge is 2.29. The Bertz CT molecular complexity index is 1200. The van der Waals surface area contributed by atoms with Gasteiger partial charge in [-0.3, -0.25) is 19.4 Å². The maximum Gasteiger partial charge on any atom is 0.326 e. The molecule has 3 amide bonds. The maximum atomic E-state index is 13.1. The Balaban J connectivity index is 2.02. The molecule has 0 aliphatic rings. The second-order valence-electron chi connectivity index (χ2n) is 9.61. The van der Waals surface area contributed by atoms with Gasteiger partial charge in [-0.2, -0.15) is 12.6 Å². The van der Waals surface area contributed by atoms with Crippen LogP contribution in [0, 0.1) is 0 Å². The van der Waals surface area contributed by atoms with Gasteiger partial charge < -0.3 is 49.0 Å². The first-order chi connectivity index (χ1) is 19.6. The van der Waals surface area contributed by atoms with Gasteiger partial charge in [0, 0.05) is 29.4 Å². The normalized spacial score (nSPS) is 13.9. The molecule has 41 heavy (non-hydrogen) atoms. The van der Waals surface area contributed by atoms with E-state index in [2.05, 4.69) is 38.6 Å². The minimum absolute atomic E-state index is 0.0585. The van der Waals surface area contributed by atoms with Crippen molar-refractivity contribution in [1.29, 1.82) is 0 Å². The number of carboxylic acid groups (broad SMARTS) is 1. The molecule has 15 heteroatoms. The van der Waals surface area contributed by atoms with Gasteiger partial charge in [-0.1, -0.05) is 18.2 Å². The molecule has 226 valence electrons. The molecule has 1 heterocycles. The van der Waals surface area contributed by atoms with Crippen molar-refractivity contribution in [1.82, 2.24) is 20.9 Å². The Kier molecular flexibility index (Phi) is 13.9. The molecule has 0 aliphatic heterocycles. The molecule has 1 aromatic carbocycles. The molecule has 4 unspecified atom stereocenters. The van der Waals surface area contributed by atoms with Gasteiger partial charge in [0.1, 0.15) is 18.1 Å². The third-order valence-electron chi connectivity index (χ3n) is 6.41. The van der Waals surface area contributed by atoms with Crippen LogP contribution in [0.15, 0.2) is 35.5 Å². The van der Waals surface area contributed by atoms with Crippen molar-refractivity contribution in [2.24, 2.45) is 27.9 Å². The summed E-state index contributed by atoms with van der Waals surface area (Å²) in [6.45, 7) is 0.582. The lowest BCUT2D eigenvalue weighted by atomic mass is 10.0. The lowest BCUT2D eigenvalue weighted by Crippen LogP contribution is -2.57. The van der Waals surface area contributed by atoms with Crippen molar-refractivity contribution < 1.29 is 24.3 Å². The van der Waals surface area contributed by atoms with Gasteiger partial charge in [-0.15, -0.1) is 0 Å². The van der Waals surface area contributed by atoms with E-state index in [1.807, 2.05) is 24.3 Å². The largest absolute Gasteiger partial charge is 0.480 e. The number of guanidine groups is 1. The Hall–Kier alpha value is -3.82. The van der Waals surface area contributed by atoms with Crippen LogP contribution in [0.4, 0.5) is 0 Å². The summed E-state index contributed by atoms with van der Waals surface area (Å²) in [5, 5.41) is 18.2. The predicted octanol–water partition coefficient (Wildman–Crippen LogP) is -1.31. The maximum absolute atomic E-state index is 13.1. The Morgan fingerprint density at radius 3 is 2.22 bits per heavy atom. The van der Waals surface area contributed by atoms with E-state index in [0.717, 1.165) is 16.5 Å². The minimum Gasteiger partial charge on any atom is -0.480 e. The van der Waals surface area contributed by atoms with Crippen molar-refractivity contribution >= 4 is 53.2 Å². The van der Waals surface area contributed by atoms with E-state index in [1.54, 1.807) is 6.20 Å². The SMILES string of the molecule is NCCCCC(NC(=O)C(CS)NC(=O)C(N)Cc1c[nH]c2ccccc12)C(=O)NC(CCCN=C(N)N)C(=O)O. The predicted molar refractivity (Wildman–Crippen MR) is 160 cm³/mol. The zero-order chi connectivity index (χ0) is 30.4. The highest BCUT2D eigenvalue weighted by atomic mass is 32.1. The highest BCUT2D eigenvalue weighted by molar-refractivity contribution is 7.80. The first-order valence-electron chi connectivity index (χ1n) is 13.4. The van der Waals surface area contributed by atoms with Crippen LogP contribution in [0.1, 0.15) is 37.7 Å². The molecule has 0 fully saturated rings. The number of aliphatic imine (C=N–C) groups is 1. The number of carbonyl (C=O) groups is 4. The summed E-state index contributed by atoms with van der Waals surface area (Å²) in [7, 11) is 0. The van der Waals surface area contributed by atoms with Crippen LogP contribution in [-0.2, 0) is 25.6 Å². The quantitative estimate of drug-likeness (QED) is 0.0426. The number of carbonyl (C=O) groups excluding carboxylic acids is 3. The fraction of sp³-hybridized carbons (Fsp3) is 0.500. The van der Waals surface area contributed by atoms with Crippen molar-refractivity contribution in [2.45, 2.75) is 62.7 Å². The molecular formula is C26H41N9O5S. The number of benzene rings is 1. The molecule has 0 spiro atoms. The number of carboxylic acids is 1. The van der Waals surface area contributed by atoms with Crippen molar-refractivity contribution in [2.75, 3.05) is 18.8 Å². The summed E-state index contributed by atoms with van der Waals surface area (Å²) in [6, 6.07) is 3.31. The zero-order valence-electron chi connectivity index (χ0n) is 22.8. The summed E-state index contributed by atoms with van der Waals surface area (Å²) in [4.78, 5) is 57.6. The van der Waals surface area contributed by atoms with Gasteiger partial charge in [0.15, 0.2) is 5.96 Å². The summed E-state index contributed by atoms with van der Waals surface area (Å²) < 4.78 is 0. The average molecular weight is 592 g/mol. The fourth-order valence-corrected chi connectivity index (χ4v) is 4.43. The van der Waals surface area contributed by atoms with Crippen LogP contribution in [0.5, 0.6) is 0 Å². The number of hydrogen-bond acceptors (Lipinski definition) is 8. The van der Waals surface area contributed by atoms with Crippen LogP contribution < -0.4 is 38.9 Å². The summed E-state index contributed by atoms with van der Waals surface area (Å²) in [5.41, 5.74) is 24.0. The van der Waals surface area contributed by atoms with Crippen LogP contribution >= 0.6 is 12.6 Å². The van der Waals surface area contributed by atoms with Crippen molar-refractivity contribution in [3.63, 3.8) is 0 Å². The first-order valence-corrected chi connectivity index (χ1v) is 14.0. The number of thiol groups is 1. The zero-order valence-corrected chi connectivity index (χ0v) is 23.7. The highest BCUT2D eigenvalue weighted by Crippen LogP contribution is 2.18. The van der Waals surface area contributed by atoms with E-state index in [9.17, 15) is 24.3 Å². The van der Waals surface area contributed by atoms with E-state index in [4.69, 9.17) is 22.9 Å². The number of para-hydroxylation sites is 1. The Labute approximate surface area is 243 Å². The number of nitrogens with zero attached hydrogens (tertiary/aromatic N) is 1. The van der Waals surface area contributed by atoms with Crippen molar-refractivity contribution in [3.05, 3.63) is 36.0 Å². The molecule has 0 radical (unpaired) electrons. The monoisotopic (exact) mass is 591 g/mol. The molecule has 2 rings (SSSR count). The average Bonchev–Trinajstić information content (AvgIpc) is 3.34. The number of aromatic nitrogens is 1. The third kappa shape index (κ3) is 10.9. The number of hydrogen-bond donors (Lipinski definition) is 10. The Morgan fingerprint density at radius 1 is 0.927 bits per heavy atom. The number of nitrogens with one attached hydrogen (secondary N) is 4. The fourth-order valence-electron chi connectivity index (χ4n) is 4.17. The molecule has 13 N–H and O–H groups in total. The summed E-state index contributed by atoms with van der Waals surface area (Å²) in [5.74, 6) is -3.30. The van der Waals surface area contributed by atoms with Crippen molar-refractivity contribution in [3.8, 4) is 0 Å². The Morgan fingerprint density at radius 2 is 1.56 bits per heavy atom. The number of rotatable bonds is 18. The molecular weight excluding hydrogens is 550 g/mol. The van der Waals surface area contributed by atoms with Gasteiger partial charge in [-0.25, -0.2) is 4.79 Å². The summed E-state index contributed by atoms with van der Waals surface area (Å²) in [6.07, 6.45) is 3.72. The van der Waals surface area contributed by atoms with Crippen LogP contribution in [0.3, 0.4) is 0 Å². The van der Waals surface area contributed by atoms with Gasteiger partial charge in [0.25, 0.3) is 0 Å². The van der Waals surface area contributed by atoms with E-state index in [0.29, 0.717) is 25.8 Å². The second kappa shape index (κ2) is 17.1. The standard InChI is InChI=1S/C26H41N9O5S/c27-10-4-3-8-19(23(37)34-20(25(39)40)9-5-11-31-26(29)30)33-24(38)21(14-41)35-22(36)17(28)12-15-13-32-18-7-2-1-6-16(15)18/h1-2,6-7,13,17,19-21,32,41H,3-5,8-12,14,27-28H2,(H,33,38)(H,34,37)(H,35,36)(H,39,40)(H4,29,30,31). The smallest absolute Gasteiger partial charge is 0.326 e. The van der Waals surface area contributed by atoms with E-state index in [-0.39, 0.29) is 37.5 Å². The van der Waals surface area contributed by atoms with Gasteiger partial charge in [0.2, 0.25) is 17.7 Å². The molecule has 0 bridgehead atoms. The first kappa shape index (κ1) is 33.4. The van der Waals surface area contributed by atoms with E-state index >= 15 is 0 Å². The molecule has 4 atom stereocenters. The van der Waals surface area contributed by atoms with E-state index in [1.165, 1.54) is 0 Å². The number of fused-ring (bicyclic) bond motifs is 1. The minimum atomic E-state index is -1.24.